The number of oxazole rings is 1. The van der Waals surface area contributed by atoms with Gasteiger partial charge in [0.1, 0.15) is 10.5 Å². The maximum Gasteiger partial charge on any atom is 0.192 e. The van der Waals surface area contributed by atoms with Crippen LogP contribution in [0.4, 0.5) is 0 Å². The molecule has 2 aromatic heterocycles. The summed E-state index contributed by atoms with van der Waals surface area (Å²) in [6.07, 6.45) is 2.00. The van der Waals surface area contributed by atoms with E-state index in [1.165, 1.54) is 0 Å². The summed E-state index contributed by atoms with van der Waals surface area (Å²) in [5.41, 5.74) is 2.66. The molecule has 0 bridgehead atoms. The Kier molecular flexibility index (Phi) is 2.11. The summed E-state index contributed by atoms with van der Waals surface area (Å²) < 4.78 is 5.66. The van der Waals surface area contributed by atoms with Crippen molar-refractivity contribution < 1.29 is 4.42 Å². The lowest BCUT2D eigenvalue weighted by atomic mass is 10.2. The summed E-state index contributed by atoms with van der Waals surface area (Å²) in [5, 5.41) is 1.95. The lowest BCUT2D eigenvalue weighted by molar-refractivity contribution is 0.563. The van der Waals surface area contributed by atoms with Gasteiger partial charge in [0.05, 0.1) is 5.52 Å². The largest absolute Gasteiger partial charge is 0.440 e. The van der Waals surface area contributed by atoms with Crippen LogP contribution in [0.25, 0.3) is 22.0 Å². The zero-order chi connectivity index (χ0) is 11.1. The molecule has 1 aromatic carbocycles. The normalized spacial score (nSPS) is 11.4. The van der Waals surface area contributed by atoms with Gasteiger partial charge in [0.2, 0.25) is 0 Å². The average Bonchev–Trinajstić information content (AvgIpc) is 2.69. The Morgan fingerprint density at radius 3 is 2.81 bits per heavy atom. The van der Waals surface area contributed by atoms with Crippen LogP contribution in [0.3, 0.4) is 0 Å². The number of rotatable bonds is 1. The number of aryl methyl sites for hydroxylation is 1. The van der Waals surface area contributed by atoms with E-state index in [1.807, 2.05) is 37.4 Å². The molecule has 3 rings (SSSR count). The summed E-state index contributed by atoms with van der Waals surface area (Å²) in [5.74, 6) is 0.684. The number of benzene rings is 1. The van der Waals surface area contributed by atoms with Gasteiger partial charge in [-0.3, -0.25) is 0 Å². The van der Waals surface area contributed by atoms with E-state index in [-0.39, 0.29) is 0 Å². The molecule has 0 fully saturated rings. The Balaban J connectivity index is 2.56. The van der Waals surface area contributed by atoms with E-state index in [9.17, 15) is 0 Å². The number of pyridine rings is 1. The van der Waals surface area contributed by atoms with Crippen LogP contribution in [-0.2, 0) is 0 Å². The number of fused-ring (bicyclic) bond motifs is 3. The predicted molar refractivity (Wildman–Crippen MR) is 65.8 cm³/mol. The second-order valence-corrected chi connectivity index (χ2v) is 4.34. The van der Waals surface area contributed by atoms with Crippen molar-refractivity contribution in [2.24, 2.45) is 0 Å². The number of thioether (sulfide) groups is 1. The molecule has 2 heterocycles. The fourth-order valence-electron chi connectivity index (χ4n) is 1.82. The minimum atomic E-state index is 0.684. The van der Waals surface area contributed by atoms with Gasteiger partial charge in [-0.05, 0) is 18.4 Å². The molecule has 0 spiro atoms. The quantitative estimate of drug-likeness (QED) is 0.600. The van der Waals surface area contributed by atoms with Crippen LogP contribution >= 0.6 is 11.8 Å². The van der Waals surface area contributed by atoms with Crippen LogP contribution in [-0.4, -0.2) is 16.2 Å². The van der Waals surface area contributed by atoms with E-state index in [1.54, 1.807) is 11.8 Å². The molecule has 0 saturated heterocycles. The van der Waals surface area contributed by atoms with Crippen molar-refractivity contribution in [1.82, 2.24) is 9.97 Å². The lowest BCUT2D eigenvalue weighted by Crippen LogP contribution is -1.85. The topological polar surface area (TPSA) is 38.9 Å². The fourth-order valence-corrected chi connectivity index (χ4v) is 2.34. The van der Waals surface area contributed by atoms with Gasteiger partial charge in [0.25, 0.3) is 0 Å². The van der Waals surface area contributed by atoms with Crippen molar-refractivity contribution in [3.63, 3.8) is 0 Å². The van der Waals surface area contributed by atoms with Crippen molar-refractivity contribution in [2.45, 2.75) is 11.9 Å². The van der Waals surface area contributed by atoms with E-state index >= 15 is 0 Å². The first-order valence-corrected chi connectivity index (χ1v) is 6.22. The van der Waals surface area contributed by atoms with E-state index in [4.69, 9.17) is 4.42 Å². The van der Waals surface area contributed by atoms with Gasteiger partial charge in [-0.15, -0.1) is 11.8 Å². The van der Waals surface area contributed by atoms with Crippen LogP contribution in [0, 0.1) is 6.92 Å². The van der Waals surface area contributed by atoms with Crippen molar-refractivity contribution in [1.29, 1.82) is 0 Å². The Morgan fingerprint density at radius 1 is 1.19 bits per heavy atom. The summed E-state index contributed by atoms with van der Waals surface area (Å²) in [6.45, 7) is 1.86. The molecule has 0 aliphatic carbocycles. The van der Waals surface area contributed by atoms with Crippen LogP contribution in [0.5, 0.6) is 0 Å². The summed E-state index contributed by atoms with van der Waals surface area (Å²) in [7, 11) is 0. The monoisotopic (exact) mass is 230 g/mol. The van der Waals surface area contributed by atoms with Crippen LogP contribution < -0.4 is 0 Å². The molecule has 0 aliphatic heterocycles. The molecule has 0 radical (unpaired) electrons. The second-order valence-electron chi connectivity index (χ2n) is 3.55. The molecular weight excluding hydrogens is 220 g/mol. The van der Waals surface area contributed by atoms with Gasteiger partial charge < -0.3 is 4.42 Å². The highest BCUT2D eigenvalue weighted by Gasteiger charge is 2.12. The standard InChI is InChI=1S/C12H10N2OS/c1-7-13-10-11(15-7)8-5-3-4-6-9(8)14-12(10)16-2/h3-6H,1-2H3. The summed E-state index contributed by atoms with van der Waals surface area (Å²) >= 11 is 1.59. The summed E-state index contributed by atoms with van der Waals surface area (Å²) in [6, 6.07) is 7.97. The molecule has 3 nitrogen and oxygen atoms in total. The molecule has 0 saturated carbocycles. The first kappa shape index (κ1) is 9.66. The van der Waals surface area contributed by atoms with Gasteiger partial charge in [0, 0.05) is 12.3 Å². The Bertz CT molecular complexity index is 675. The minimum absolute atomic E-state index is 0.684. The van der Waals surface area contributed by atoms with Crippen LogP contribution in [0.1, 0.15) is 5.89 Å². The highest BCUT2D eigenvalue weighted by molar-refractivity contribution is 7.98. The van der Waals surface area contributed by atoms with E-state index in [2.05, 4.69) is 9.97 Å². The zero-order valence-corrected chi connectivity index (χ0v) is 9.84. The highest BCUT2D eigenvalue weighted by atomic mass is 32.2. The minimum Gasteiger partial charge on any atom is -0.440 e. The number of nitrogens with zero attached hydrogens (tertiary/aromatic N) is 2. The number of hydrogen-bond acceptors (Lipinski definition) is 4. The Hall–Kier alpha value is -1.55. The number of para-hydroxylation sites is 1. The third-order valence-corrected chi connectivity index (χ3v) is 3.17. The lowest BCUT2D eigenvalue weighted by Gasteiger charge is -2.00. The van der Waals surface area contributed by atoms with E-state index in [0.29, 0.717) is 5.89 Å². The van der Waals surface area contributed by atoms with Gasteiger partial charge in [0.15, 0.2) is 11.5 Å². The highest BCUT2D eigenvalue weighted by Crippen LogP contribution is 2.30. The second kappa shape index (κ2) is 3.49. The molecule has 16 heavy (non-hydrogen) atoms. The Labute approximate surface area is 96.9 Å². The fraction of sp³-hybridized carbons (Fsp3) is 0.167. The van der Waals surface area contributed by atoms with Crippen molar-refractivity contribution >= 4 is 33.8 Å². The first-order valence-electron chi connectivity index (χ1n) is 4.99. The molecular formula is C12H10N2OS. The molecule has 3 aromatic rings. The SMILES string of the molecule is CSc1nc2ccccc2c2oc(C)nc12. The van der Waals surface area contributed by atoms with E-state index in [0.717, 1.165) is 27.0 Å². The molecule has 80 valence electrons. The van der Waals surface area contributed by atoms with Crippen LogP contribution in [0.15, 0.2) is 33.7 Å². The molecule has 0 unspecified atom stereocenters. The third kappa shape index (κ3) is 1.30. The van der Waals surface area contributed by atoms with Gasteiger partial charge >= 0.3 is 0 Å². The number of hydrogen-bond donors (Lipinski definition) is 0. The predicted octanol–water partition coefficient (Wildman–Crippen LogP) is 3.41. The van der Waals surface area contributed by atoms with Crippen molar-refractivity contribution in [3.05, 3.63) is 30.2 Å². The molecule has 0 atom stereocenters. The zero-order valence-electron chi connectivity index (χ0n) is 9.02. The first-order chi connectivity index (χ1) is 7.79. The number of aromatic nitrogens is 2. The smallest absolute Gasteiger partial charge is 0.192 e. The molecule has 0 N–H and O–H groups in total. The maximum atomic E-state index is 5.66. The van der Waals surface area contributed by atoms with Crippen molar-refractivity contribution in [3.8, 4) is 0 Å². The third-order valence-electron chi connectivity index (χ3n) is 2.50. The maximum absolute atomic E-state index is 5.66. The molecule has 4 heteroatoms. The van der Waals surface area contributed by atoms with Crippen LogP contribution in [0.2, 0.25) is 0 Å². The molecule has 0 aliphatic rings. The van der Waals surface area contributed by atoms with Crippen molar-refractivity contribution in [2.75, 3.05) is 6.26 Å². The average molecular weight is 230 g/mol. The van der Waals surface area contributed by atoms with E-state index < -0.39 is 0 Å². The summed E-state index contributed by atoms with van der Waals surface area (Å²) in [4.78, 5) is 8.96. The molecule has 0 amide bonds. The van der Waals surface area contributed by atoms with Gasteiger partial charge in [-0.1, -0.05) is 12.1 Å². The Morgan fingerprint density at radius 2 is 2.00 bits per heavy atom. The van der Waals surface area contributed by atoms with Gasteiger partial charge in [-0.25, -0.2) is 9.97 Å². The van der Waals surface area contributed by atoms with Gasteiger partial charge in [-0.2, -0.15) is 0 Å².